The third-order valence-corrected chi connectivity index (χ3v) is 4.52. The molecule has 0 aromatic heterocycles. The molecule has 1 heterocycles. The molecular formula is C16H29NO2. The van der Waals surface area contributed by atoms with Crippen molar-refractivity contribution in [3.63, 3.8) is 0 Å². The molecular weight excluding hydrogens is 238 g/mol. The van der Waals surface area contributed by atoms with Gasteiger partial charge < -0.3 is 10.1 Å². The van der Waals surface area contributed by atoms with Gasteiger partial charge in [-0.1, -0.05) is 12.8 Å². The van der Waals surface area contributed by atoms with Crippen LogP contribution < -0.4 is 5.32 Å². The quantitative estimate of drug-likeness (QED) is 0.781. The van der Waals surface area contributed by atoms with Gasteiger partial charge in [-0.3, -0.25) is 4.79 Å². The van der Waals surface area contributed by atoms with Crippen molar-refractivity contribution in [1.29, 1.82) is 0 Å². The number of hydrogen-bond donors (Lipinski definition) is 1. The average Bonchev–Trinajstić information content (AvgIpc) is 2.38. The normalized spacial score (nSPS) is 30.1. The Morgan fingerprint density at radius 2 is 1.68 bits per heavy atom. The van der Waals surface area contributed by atoms with Crippen molar-refractivity contribution < 1.29 is 9.53 Å². The van der Waals surface area contributed by atoms with E-state index in [0.29, 0.717) is 5.92 Å². The molecule has 2 atom stereocenters. The van der Waals surface area contributed by atoms with E-state index in [-0.39, 0.29) is 17.5 Å². The highest BCUT2D eigenvalue weighted by molar-refractivity contribution is 5.73. The predicted molar refractivity (Wildman–Crippen MR) is 76.9 cm³/mol. The maximum atomic E-state index is 12.4. The van der Waals surface area contributed by atoms with Gasteiger partial charge in [0, 0.05) is 0 Å². The van der Waals surface area contributed by atoms with Crippen LogP contribution in [-0.4, -0.2) is 24.7 Å². The second-order valence-electron chi connectivity index (χ2n) is 7.18. The highest BCUT2D eigenvalue weighted by Gasteiger charge is 2.38. The van der Waals surface area contributed by atoms with Gasteiger partial charge in [0.25, 0.3) is 0 Å². The molecule has 0 aromatic rings. The molecule has 1 saturated carbocycles. The lowest BCUT2D eigenvalue weighted by molar-refractivity contribution is -0.164. The van der Waals surface area contributed by atoms with Crippen LogP contribution in [0.5, 0.6) is 0 Å². The minimum absolute atomic E-state index is 0.0516. The number of esters is 1. The lowest BCUT2D eigenvalue weighted by Gasteiger charge is -2.38. The minimum Gasteiger partial charge on any atom is -0.460 e. The van der Waals surface area contributed by atoms with Gasteiger partial charge in [0.05, 0.1) is 5.92 Å². The summed E-state index contributed by atoms with van der Waals surface area (Å²) in [4.78, 5) is 12.4. The molecule has 1 aliphatic heterocycles. The summed E-state index contributed by atoms with van der Waals surface area (Å²) in [5.74, 6) is 1.48. The molecule has 3 heteroatoms. The Labute approximate surface area is 117 Å². The first-order valence-electron chi connectivity index (χ1n) is 7.91. The van der Waals surface area contributed by atoms with Crippen molar-refractivity contribution in [2.75, 3.05) is 13.1 Å². The fourth-order valence-corrected chi connectivity index (χ4v) is 3.67. The van der Waals surface area contributed by atoms with Crippen LogP contribution in [0.2, 0.25) is 0 Å². The zero-order valence-electron chi connectivity index (χ0n) is 12.7. The van der Waals surface area contributed by atoms with E-state index in [0.717, 1.165) is 25.4 Å². The molecule has 2 fully saturated rings. The van der Waals surface area contributed by atoms with E-state index in [4.69, 9.17) is 4.74 Å². The number of nitrogens with one attached hydrogen (secondary N) is 1. The first-order chi connectivity index (χ1) is 8.97. The number of rotatable bonds is 2. The fourth-order valence-electron chi connectivity index (χ4n) is 3.67. The lowest BCUT2D eigenvalue weighted by Crippen LogP contribution is -2.40. The highest BCUT2D eigenvalue weighted by atomic mass is 16.6. The van der Waals surface area contributed by atoms with E-state index in [1.54, 1.807) is 0 Å². The summed E-state index contributed by atoms with van der Waals surface area (Å²) in [5, 5.41) is 3.42. The van der Waals surface area contributed by atoms with Crippen LogP contribution in [0.3, 0.4) is 0 Å². The van der Waals surface area contributed by atoms with Crippen molar-refractivity contribution >= 4 is 5.97 Å². The topological polar surface area (TPSA) is 38.3 Å². The molecule has 0 aromatic carbocycles. The number of carbonyl (C=O) groups is 1. The summed E-state index contributed by atoms with van der Waals surface area (Å²) in [7, 11) is 0. The van der Waals surface area contributed by atoms with E-state index in [1.807, 2.05) is 20.8 Å². The van der Waals surface area contributed by atoms with E-state index in [9.17, 15) is 4.79 Å². The Balaban J connectivity index is 2.00. The van der Waals surface area contributed by atoms with Gasteiger partial charge in [0.2, 0.25) is 0 Å². The Morgan fingerprint density at radius 1 is 1.05 bits per heavy atom. The molecule has 3 nitrogen and oxygen atoms in total. The largest absolute Gasteiger partial charge is 0.460 e. The molecule has 0 amide bonds. The molecule has 0 bridgehead atoms. The second-order valence-corrected chi connectivity index (χ2v) is 7.18. The molecule has 1 N–H and O–H groups in total. The summed E-state index contributed by atoms with van der Waals surface area (Å²) in [6, 6.07) is 0. The van der Waals surface area contributed by atoms with E-state index in [2.05, 4.69) is 5.32 Å². The smallest absolute Gasteiger partial charge is 0.309 e. The van der Waals surface area contributed by atoms with Gasteiger partial charge in [0.1, 0.15) is 5.60 Å². The van der Waals surface area contributed by atoms with Gasteiger partial charge in [-0.25, -0.2) is 0 Å². The summed E-state index contributed by atoms with van der Waals surface area (Å²) in [5.41, 5.74) is -0.354. The third kappa shape index (κ3) is 4.20. The van der Waals surface area contributed by atoms with Gasteiger partial charge in [-0.05, 0) is 71.4 Å². The van der Waals surface area contributed by atoms with Gasteiger partial charge in [0.15, 0.2) is 0 Å². The fraction of sp³-hybridized carbons (Fsp3) is 0.938. The number of carbonyl (C=O) groups excluding carboxylic acids is 1. The van der Waals surface area contributed by atoms with Crippen LogP contribution in [0, 0.1) is 17.8 Å². The molecule has 0 spiro atoms. The second kappa shape index (κ2) is 6.25. The van der Waals surface area contributed by atoms with Gasteiger partial charge >= 0.3 is 5.97 Å². The zero-order chi connectivity index (χ0) is 13.9. The Kier molecular flexibility index (Phi) is 4.88. The monoisotopic (exact) mass is 267 g/mol. The molecule has 1 saturated heterocycles. The van der Waals surface area contributed by atoms with Crippen molar-refractivity contribution in [1.82, 2.24) is 5.32 Å². The molecule has 2 unspecified atom stereocenters. The first-order valence-corrected chi connectivity index (χ1v) is 7.91. The maximum absolute atomic E-state index is 12.4. The van der Waals surface area contributed by atoms with Gasteiger partial charge in [-0.15, -0.1) is 0 Å². The summed E-state index contributed by atoms with van der Waals surface area (Å²) >= 11 is 0. The van der Waals surface area contributed by atoms with Crippen molar-refractivity contribution in [3.8, 4) is 0 Å². The van der Waals surface area contributed by atoms with Gasteiger partial charge in [-0.2, -0.15) is 0 Å². The van der Waals surface area contributed by atoms with Crippen LogP contribution in [0.25, 0.3) is 0 Å². The van der Waals surface area contributed by atoms with E-state index in [1.165, 1.54) is 32.1 Å². The number of ether oxygens (including phenoxy) is 1. The molecule has 110 valence electrons. The molecule has 2 rings (SSSR count). The van der Waals surface area contributed by atoms with Crippen LogP contribution in [-0.2, 0) is 9.53 Å². The summed E-state index contributed by atoms with van der Waals surface area (Å²) in [6.45, 7) is 8.12. The molecule has 2 aliphatic rings. The number of hydrogen-bond acceptors (Lipinski definition) is 3. The predicted octanol–water partition coefficient (Wildman–Crippen LogP) is 3.13. The maximum Gasteiger partial charge on any atom is 0.309 e. The standard InChI is InChI=1S/C16H29NO2/c1-16(2,3)19-15(18)14-7-5-4-6-13(14)12-8-10-17-11-9-12/h12-14,17H,4-11H2,1-3H3. The molecule has 0 radical (unpaired) electrons. The van der Waals surface area contributed by atoms with Crippen LogP contribution in [0.15, 0.2) is 0 Å². The van der Waals surface area contributed by atoms with Crippen LogP contribution in [0.4, 0.5) is 0 Å². The Morgan fingerprint density at radius 3 is 2.32 bits per heavy atom. The molecule has 1 aliphatic carbocycles. The van der Waals surface area contributed by atoms with Crippen molar-refractivity contribution in [3.05, 3.63) is 0 Å². The average molecular weight is 267 g/mol. The molecule has 19 heavy (non-hydrogen) atoms. The SMILES string of the molecule is CC(C)(C)OC(=O)C1CCCCC1C1CCNCC1. The number of piperidine rings is 1. The highest BCUT2D eigenvalue weighted by Crippen LogP contribution is 2.39. The van der Waals surface area contributed by atoms with Crippen LogP contribution in [0.1, 0.15) is 59.3 Å². The lowest BCUT2D eigenvalue weighted by atomic mass is 9.69. The minimum atomic E-state index is -0.354. The first kappa shape index (κ1) is 14.8. The van der Waals surface area contributed by atoms with Crippen LogP contribution >= 0.6 is 0 Å². The Hall–Kier alpha value is -0.570. The summed E-state index contributed by atoms with van der Waals surface area (Å²) in [6.07, 6.45) is 7.17. The van der Waals surface area contributed by atoms with Crippen molar-refractivity contribution in [2.24, 2.45) is 17.8 Å². The third-order valence-electron chi connectivity index (χ3n) is 4.52. The van der Waals surface area contributed by atoms with Crippen molar-refractivity contribution in [2.45, 2.75) is 64.9 Å². The Bertz CT molecular complexity index is 302. The van der Waals surface area contributed by atoms with E-state index >= 15 is 0 Å². The van der Waals surface area contributed by atoms with E-state index < -0.39 is 0 Å². The summed E-state index contributed by atoms with van der Waals surface area (Å²) < 4.78 is 5.64. The zero-order valence-corrected chi connectivity index (χ0v) is 12.7.